The quantitative estimate of drug-likeness (QED) is 0.0211. The summed E-state index contributed by atoms with van der Waals surface area (Å²) in [6, 6.07) is 0. The van der Waals surface area contributed by atoms with Crippen LogP contribution in [0.4, 0.5) is 0 Å². The summed E-state index contributed by atoms with van der Waals surface area (Å²) in [7, 11) is 1.50. The van der Waals surface area contributed by atoms with Gasteiger partial charge in [0, 0.05) is 12.8 Å². The van der Waals surface area contributed by atoms with E-state index in [2.05, 4.69) is 98.9 Å². The van der Waals surface area contributed by atoms with E-state index in [1.807, 2.05) is 21.1 Å². The first-order valence-corrected chi connectivity index (χ1v) is 47.8. The first-order valence-electron chi connectivity index (χ1n) is 46.3. The van der Waals surface area contributed by atoms with Crippen LogP contribution in [0.1, 0.15) is 463 Å². The second kappa shape index (κ2) is 86.2. The van der Waals surface area contributed by atoms with Gasteiger partial charge in [-0.05, 0) is 89.9 Å². The van der Waals surface area contributed by atoms with Gasteiger partial charge in [0.05, 0.1) is 27.7 Å². The van der Waals surface area contributed by atoms with Gasteiger partial charge in [-0.25, -0.2) is 4.57 Å². The number of quaternary nitrogens is 1. The Morgan fingerprint density at radius 2 is 0.538 bits per heavy atom. The molecule has 10 heteroatoms. The summed E-state index contributed by atoms with van der Waals surface area (Å²) in [4.78, 5) is 36.1. The third-order valence-electron chi connectivity index (χ3n) is 20.9. The number of hydrogen-bond acceptors (Lipinski definition) is 7. The molecular weight excluding hydrogens is 1330 g/mol. The van der Waals surface area contributed by atoms with Crippen LogP contribution in [-0.4, -0.2) is 74.9 Å². The molecule has 0 spiro atoms. The van der Waals surface area contributed by atoms with Crippen LogP contribution >= 0.6 is 7.82 Å². The fourth-order valence-electron chi connectivity index (χ4n) is 13.9. The van der Waals surface area contributed by atoms with E-state index in [0.717, 1.165) is 70.6 Å². The minimum absolute atomic E-state index is 0.0342. The molecule has 0 rings (SSSR count). The number of likely N-dealkylation sites (N-methyl/N-ethyl adjacent to an activating group) is 1. The molecule has 2 unspecified atom stereocenters. The molecule has 0 aromatic heterocycles. The summed E-state index contributed by atoms with van der Waals surface area (Å²) in [5.74, 6) is -0.770. The molecule has 0 amide bonds. The van der Waals surface area contributed by atoms with E-state index in [1.54, 1.807) is 0 Å². The van der Waals surface area contributed by atoms with Crippen LogP contribution in [0.15, 0.2) is 85.1 Å². The van der Waals surface area contributed by atoms with E-state index < -0.39 is 26.5 Å². The Kier molecular flexibility index (Phi) is 83.9. The Morgan fingerprint density at radius 1 is 0.302 bits per heavy atom. The lowest BCUT2D eigenvalue weighted by atomic mass is 10.0. The molecule has 0 aliphatic carbocycles. The number of nitrogens with zero attached hydrogens (tertiary/aromatic N) is 1. The third kappa shape index (κ3) is 90.1. The molecule has 106 heavy (non-hydrogen) atoms. The molecule has 0 saturated carbocycles. The summed E-state index contributed by atoms with van der Waals surface area (Å²) in [5.41, 5.74) is 0. The lowest BCUT2D eigenvalue weighted by Gasteiger charge is -2.24. The number of rotatable bonds is 87. The summed E-state index contributed by atoms with van der Waals surface area (Å²) >= 11 is 0. The SMILES string of the molecule is CC/C=C\C/C=C\C/C=C\C/C=C\CCCCCCCCCCCCCCCCCCCCCCCCCCCCCCC(=O)OC(COC(=O)CCCCCCCCCCCCCCCCCCCCCCCCCCCC/C=C\C/C=C\C/C=C\CCCCCCC)COP(=O)(O)OCC[N+](C)(C)C. The highest BCUT2D eigenvalue weighted by Crippen LogP contribution is 2.43. The standard InChI is InChI=1S/C96H178NO8P/c1-6-8-10-12-14-16-18-20-22-24-26-28-30-32-34-36-38-40-42-44-46-48-50-52-54-56-58-60-62-64-66-68-70-72-74-76-78-80-82-84-86-88-95(98)102-92-94(93-104-106(100,101)103-91-90-97(3,4)5)105-96(99)89-87-85-83-81-79-77-75-73-71-69-67-65-63-61-59-57-55-53-51-49-47-45-43-41-39-37-35-33-31-29-27-25-23-21-19-17-15-13-11-9-7-2/h9,11,15,17-18,20-21,23-24,26-27,29-30,32,94H,6-8,10,12-14,16,19,22,25,28,31,33-93H2,1-5H3/p+1/b11-9-,17-15-,20-18-,23-21-,26-24-,29-27-,32-30-. The van der Waals surface area contributed by atoms with Crippen molar-refractivity contribution in [2.24, 2.45) is 0 Å². The van der Waals surface area contributed by atoms with Crippen molar-refractivity contribution < 1.29 is 42.1 Å². The normalized spacial score (nSPS) is 13.3. The molecule has 620 valence electrons. The molecule has 0 bridgehead atoms. The number of carbonyl (C=O) groups is 2. The zero-order valence-electron chi connectivity index (χ0n) is 71.2. The Labute approximate surface area is 660 Å². The number of esters is 2. The van der Waals surface area contributed by atoms with Gasteiger partial charge in [-0.3, -0.25) is 18.6 Å². The molecule has 2 atom stereocenters. The summed E-state index contributed by atoms with van der Waals surface area (Å²) in [6.45, 7) is 4.39. The van der Waals surface area contributed by atoms with Crippen LogP contribution in [0.2, 0.25) is 0 Å². The van der Waals surface area contributed by atoms with Gasteiger partial charge in [0.15, 0.2) is 6.10 Å². The van der Waals surface area contributed by atoms with E-state index >= 15 is 0 Å². The Bertz CT molecular complexity index is 2070. The Morgan fingerprint density at radius 3 is 0.802 bits per heavy atom. The lowest BCUT2D eigenvalue weighted by Crippen LogP contribution is -2.37. The van der Waals surface area contributed by atoms with E-state index in [1.165, 1.54) is 360 Å². The molecule has 0 saturated heterocycles. The Balaban J connectivity index is 3.83. The number of phosphoric ester groups is 1. The van der Waals surface area contributed by atoms with E-state index in [-0.39, 0.29) is 25.6 Å². The highest BCUT2D eigenvalue weighted by Gasteiger charge is 2.27. The molecule has 0 aliphatic heterocycles. The van der Waals surface area contributed by atoms with Crippen molar-refractivity contribution in [2.75, 3.05) is 47.5 Å². The molecular formula is C96H179NO8P+. The minimum atomic E-state index is -4.40. The number of phosphoric acid groups is 1. The van der Waals surface area contributed by atoms with Crippen molar-refractivity contribution in [2.45, 2.75) is 469 Å². The zero-order chi connectivity index (χ0) is 76.8. The number of carbonyl (C=O) groups excluding carboxylic acids is 2. The smallest absolute Gasteiger partial charge is 0.462 e. The maximum atomic E-state index is 13.0. The van der Waals surface area contributed by atoms with Crippen LogP contribution in [0.3, 0.4) is 0 Å². The molecule has 0 aromatic rings. The topological polar surface area (TPSA) is 108 Å². The molecule has 0 aromatic carbocycles. The van der Waals surface area contributed by atoms with Gasteiger partial charge in [0.1, 0.15) is 19.8 Å². The van der Waals surface area contributed by atoms with Crippen LogP contribution < -0.4 is 0 Å². The van der Waals surface area contributed by atoms with Gasteiger partial charge in [0.25, 0.3) is 0 Å². The fraction of sp³-hybridized carbons (Fsp3) is 0.833. The fourth-order valence-corrected chi connectivity index (χ4v) is 14.6. The van der Waals surface area contributed by atoms with Crippen LogP contribution in [0.25, 0.3) is 0 Å². The number of ether oxygens (including phenoxy) is 2. The van der Waals surface area contributed by atoms with E-state index in [4.69, 9.17) is 18.5 Å². The van der Waals surface area contributed by atoms with Gasteiger partial charge < -0.3 is 18.9 Å². The number of hydrogen-bond donors (Lipinski definition) is 1. The van der Waals surface area contributed by atoms with Crippen LogP contribution in [0, 0.1) is 0 Å². The first-order chi connectivity index (χ1) is 52.0. The minimum Gasteiger partial charge on any atom is -0.462 e. The predicted molar refractivity (Wildman–Crippen MR) is 464 cm³/mol. The summed E-state index contributed by atoms with van der Waals surface area (Å²) < 4.78 is 34.9. The second-order valence-electron chi connectivity index (χ2n) is 32.7. The Hall–Kier alpha value is -2.81. The van der Waals surface area contributed by atoms with E-state index in [9.17, 15) is 19.0 Å². The largest absolute Gasteiger partial charge is 0.472 e. The monoisotopic (exact) mass is 1510 g/mol. The molecule has 0 heterocycles. The highest BCUT2D eigenvalue weighted by molar-refractivity contribution is 7.47. The van der Waals surface area contributed by atoms with Gasteiger partial charge >= 0.3 is 19.8 Å². The molecule has 9 nitrogen and oxygen atoms in total. The van der Waals surface area contributed by atoms with Gasteiger partial charge in [-0.1, -0.05) is 446 Å². The average molecular weight is 1510 g/mol. The van der Waals surface area contributed by atoms with Crippen LogP contribution in [0.5, 0.6) is 0 Å². The highest BCUT2D eigenvalue weighted by atomic mass is 31.2. The molecule has 0 fully saturated rings. The maximum absolute atomic E-state index is 13.0. The van der Waals surface area contributed by atoms with Crippen molar-refractivity contribution in [3.63, 3.8) is 0 Å². The van der Waals surface area contributed by atoms with Gasteiger partial charge in [-0.2, -0.15) is 0 Å². The average Bonchev–Trinajstić information content (AvgIpc) is 0.908. The molecule has 0 radical (unpaired) electrons. The third-order valence-corrected chi connectivity index (χ3v) is 21.9. The number of unbranched alkanes of at least 4 members (excludes halogenated alkanes) is 59. The lowest BCUT2D eigenvalue weighted by molar-refractivity contribution is -0.870. The van der Waals surface area contributed by atoms with Crippen molar-refractivity contribution in [1.29, 1.82) is 0 Å². The number of allylic oxidation sites excluding steroid dienone is 14. The maximum Gasteiger partial charge on any atom is 0.472 e. The summed E-state index contributed by atoms with van der Waals surface area (Å²) in [6.07, 6.45) is 121. The summed E-state index contributed by atoms with van der Waals surface area (Å²) in [5, 5.41) is 0. The predicted octanol–water partition coefficient (Wildman–Crippen LogP) is 31.5. The zero-order valence-corrected chi connectivity index (χ0v) is 72.1. The van der Waals surface area contributed by atoms with Crippen LogP contribution in [-0.2, 0) is 32.7 Å². The second-order valence-corrected chi connectivity index (χ2v) is 34.1. The van der Waals surface area contributed by atoms with Gasteiger partial charge in [-0.15, -0.1) is 0 Å². The first kappa shape index (κ1) is 103. The van der Waals surface area contributed by atoms with Crippen molar-refractivity contribution >= 4 is 19.8 Å². The van der Waals surface area contributed by atoms with E-state index in [0.29, 0.717) is 23.9 Å². The molecule has 0 aliphatic rings. The van der Waals surface area contributed by atoms with Crippen molar-refractivity contribution in [3.8, 4) is 0 Å². The molecule has 1 N–H and O–H groups in total. The van der Waals surface area contributed by atoms with Crippen molar-refractivity contribution in [3.05, 3.63) is 85.1 Å². The van der Waals surface area contributed by atoms with Gasteiger partial charge in [0.2, 0.25) is 0 Å². The van der Waals surface area contributed by atoms with Crippen molar-refractivity contribution in [1.82, 2.24) is 0 Å².